The summed E-state index contributed by atoms with van der Waals surface area (Å²) in [6, 6.07) is -0.364. The molecule has 0 bridgehead atoms. The van der Waals surface area contributed by atoms with E-state index in [1.165, 1.54) is 0 Å². The summed E-state index contributed by atoms with van der Waals surface area (Å²) in [5, 5.41) is 17.8. The van der Waals surface area contributed by atoms with Crippen LogP contribution in [0.15, 0.2) is 0 Å². The molecule has 0 saturated carbocycles. The lowest BCUT2D eigenvalue weighted by Crippen LogP contribution is -2.40. The van der Waals surface area contributed by atoms with Crippen LogP contribution in [0.5, 0.6) is 0 Å². The zero-order valence-electron chi connectivity index (χ0n) is 5.90. The molecule has 0 aromatic heterocycles. The second-order valence-corrected chi connectivity index (χ2v) is 2.63. The van der Waals surface area contributed by atoms with Crippen LogP contribution in [-0.4, -0.2) is 41.2 Å². The van der Waals surface area contributed by atoms with E-state index in [9.17, 15) is 5.11 Å². The first kappa shape index (κ1) is 7.94. The predicted octanol–water partition coefficient (Wildman–Crippen LogP) is -1.55. The molecule has 1 heterocycles. The summed E-state index contributed by atoms with van der Waals surface area (Å²) in [7, 11) is 0. The van der Waals surface area contributed by atoms with Crippen molar-refractivity contribution in [2.45, 2.75) is 31.3 Å². The van der Waals surface area contributed by atoms with Crippen LogP contribution in [0.1, 0.15) is 6.92 Å². The largest absolute Gasteiger partial charge is 0.394 e. The van der Waals surface area contributed by atoms with Gasteiger partial charge in [-0.2, -0.15) is 0 Å². The van der Waals surface area contributed by atoms with Gasteiger partial charge in [0.15, 0.2) is 0 Å². The van der Waals surface area contributed by atoms with E-state index in [-0.39, 0.29) is 18.8 Å². The maximum atomic E-state index is 9.22. The quantitative estimate of drug-likeness (QED) is 0.420. The van der Waals surface area contributed by atoms with Gasteiger partial charge in [0.1, 0.15) is 6.10 Å². The zero-order valence-corrected chi connectivity index (χ0v) is 5.90. The minimum absolute atomic E-state index is 0.160. The molecule has 0 spiro atoms. The van der Waals surface area contributed by atoms with E-state index in [0.29, 0.717) is 0 Å². The molecule has 0 amide bonds. The summed E-state index contributed by atoms with van der Waals surface area (Å²) in [6.07, 6.45) is -1.38. The lowest BCUT2D eigenvalue weighted by molar-refractivity contribution is -0.0170. The third-order valence-corrected chi connectivity index (χ3v) is 1.89. The van der Waals surface area contributed by atoms with Gasteiger partial charge in [0.05, 0.1) is 24.9 Å². The highest BCUT2D eigenvalue weighted by molar-refractivity contribution is 4.90. The Kier molecular flexibility index (Phi) is 2.25. The Morgan fingerprint density at radius 2 is 2.20 bits per heavy atom. The summed E-state index contributed by atoms with van der Waals surface area (Å²) >= 11 is 0. The molecule has 4 heteroatoms. The van der Waals surface area contributed by atoms with Crippen LogP contribution in [0.25, 0.3) is 0 Å². The van der Waals surface area contributed by atoms with Crippen molar-refractivity contribution in [2.24, 2.45) is 5.73 Å². The third kappa shape index (κ3) is 1.15. The van der Waals surface area contributed by atoms with E-state index >= 15 is 0 Å². The van der Waals surface area contributed by atoms with E-state index in [1.54, 1.807) is 6.92 Å². The highest BCUT2D eigenvalue weighted by Gasteiger charge is 2.38. The smallest absolute Gasteiger partial charge is 0.108 e. The van der Waals surface area contributed by atoms with Crippen molar-refractivity contribution < 1.29 is 14.9 Å². The van der Waals surface area contributed by atoms with E-state index in [2.05, 4.69) is 0 Å². The normalized spacial score (nSPS) is 48.0. The van der Waals surface area contributed by atoms with Crippen molar-refractivity contribution in [3.63, 3.8) is 0 Å². The average Bonchev–Trinajstić information content (AvgIpc) is 2.17. The number of aliphatic hydroxyl groups is 2. The number of rotatable bonds is 1. The second kappa shape index (κ2) is 2.84. The molecule has 1 saturated heterocycles. The summed E-state index contributed by atoms with van der Waals surface area (Å²) < 4.78 is 5.11. The molecule has 0 aliphatic carbocycles. The number of nitrogens with two attached hydrogens (primary N) is 1. The van der Waals surface area contributed by atoms with Gasteiger partial charge in [-0.1, -0.05) is 0 Å². The summed E-state index contributed by atoms with van der Waals surface area (Å²) in [5.74, 6) is 0. The van der Waals surface area contributed by atoms with Gasteiger partial charge in [-0.25, -0.2) is 0 Å². The van der Waals surface area contributed by atoms with E-state index in [1.807, 2.05) is 0 Å². The maximum Gasteiger partial charge on any atom is 0.108 e. The Morgan fingerprint density at radius 3 is 2.40 bits per heavy atom. The molecule has 0 aromatic rings. The van der Waals surface area contributed by atoms with Crippen molar-refractivity contribution in [3.8, 4) is 0 Å². The number of aliphatic hydroxyl groups excluding tert-OH is 2. The highest BCUT2D eigenvalue weighted by Crippen LogP contribution is 2.18. The van der Waals surface area contributed by atoms with Gasteiger partial charge in [-0.3, -0.25) is 0 Å². The Balaban J connectivity index is 2.53. The molecule has 1 unspecified atom stereocenters. The molecule has 60 valence electrons. The molecule has 1 aliphatic heterocycles. The second-order valence-electron chi connectivity index (χ2n) is 2.63. The number of hydrogen-bond donors (Lipinski definition) is 3. The molecule has 4 nitrogen and oxygen atoms in total. The Hall–Kier alpha value is -0.160. The van der Waals surface area contributed by atoms with Crippen LogP contribution in [0.4, 0.5) is 0 Å². The molecule has 4 N–H and O–H groups in total. The Bertz CT molecular complexity index is 120. The van der Waals surface area contributed by atoms with Gasteiger partial charge >= 0.3 is 0 Å². The van der Waals surface area contributed by atoms with Crippen molar-refractivity contribution in [3.05, 3.63) is 0 Å². The zero-order chi connectivity index (χ0) is 7.72. The summed E-state index contributed by atoms with van der Waals surface area (Å²) in [5.41, 5.74) is 5.50. The predicted molar refractivity (Wildman–Crippen MR) is 35.4 cm³/mol. The fourth-order valence-corrected chi connectivity index (χ4v) is 1.12. The van der Waals surface area contributed by atoms with Crippen LogP contribution in [0.3, 0.4) is 0 Å². The van der Waals surface area contributed by atoms with Gasteiger partial charge in [0.2, 0.25) is 0 Å². The van der Waals surface area contributed by atoms with E-state index < -0.39 is 12.2 Å². The molecule has 10 heavy (non-hydrogen) atoms. The fraction of sp³-hybridized carbons (Fsp3) is 1.00. The van der Waals surface area contributed by atoms with Gasteiger partial charge in [-0.15, -0.1) is 0 Å². The van der Waals surface area contributed by atoms with Crippen LogP contribution >= 0.6 is 0 Å². The van der Waals surface area contributed by atoms with Crippen molar-refractivity contribution in [1.82, 2.24) is 0 Å². The maximum absolute atomic E-state index is 9.22. The SMILES string of the molecule is C[C@H]1O[C@H](CO)C(O)[C@H]1N. The van der Waals surface area contributed by atoms with Crippen LogP contribution < -0.4 is 5.73 Å². The molecular weight excluding hydrogens is 134 g/mol. The Labute approximate surface area is 59.6 Å². The van der Waals surface area contributed by atoms with Gasteiger partial charge < -0.3 is 20.7 Å². The van der Waals surface area contributed by atoms with Crippen LogP contribution in [-0.2, 0) is 4.74 Å². The lowest BCUT2D eigenvalue weighted by Gasteiger charge is -2.11. The van der Waals surface area contributed by atoms with Gasteiger partial charge in [-0.05, 0) is 6.92 Å². The molecule has 1 fully saturated rings. The van der Waals surface area contributed by atoms with Gasteiger partial charge in [0, 0.05) is 0 Å². The van der Waals surface area contributed by atoms with Crippen molar-refractivity contribution >= 4 is 0 Å². The summed E-state index contributed by atoms with van der Waals surface area (Å²) in [6.45, 7) is 1.61. The molecule has 0 aromatic carbocycles. The van der Waals surface area contributed by atoms with Crippen LogP contribution in [0.2, 0.25) is 0 Å². The standard InChI is InChI=1S/C6H13NO3/c1-3-5(7)6(9)4(2-8)10-3/h3-6,8-9H,2,7H2,1H3/t3-,4-,5+,6?/m1/s1. The molecule has 4 atom stereocenters. The first-order valence-corrected chi connectivity index (χ1v) is 3.36. The Morgan fingerprint density at radius 1 is 1.60 bits per heavy atom. The average molecular weight is 147 g/mol. The first-order chi connectivity index (χ1) is 4.66. The monoisotopic (exact) mass is 147 g/mol. The van der Waals surface area contributed by atoms with Crippen molar-refractivity contribution in [2.75, 3.05) is 6.61 Å². The van der Waals surface area contributed by atoms with Crippen molar-refractivity contribution in [1.29, 1.82) is 0 Å². The van der Waals surface area contributed by atoms with Crippen LogP contribution in [0, 0.1) is 0 Å². The highest BCUT2D eigenvalue weighted by atomic mass is 16.5. The molecule has 0 radical (unpaired) electrons. The number of hydrogen-bond acceptors (Lipinski definition) is 4. The molecular formula is C6H13NO3. The van der Waals surface area contributed by atoms with E-state index in [4.69, 9.17) is 15.6 Å². The molecule has 1 aliphatic rings. The molecule has 1 rings (SSSR count). The topological polar surface area (TPSA) is 75.7 Å². The van der Waals surface area contributed by atoms with Gasteiger partial charge in [0.25, 0.3) is 0 Å². The lowest BCUT2D eigenvalue weighted by atomic mass is 10.1. The van der Waals surface area contributed by atoms with E-state index in [0.717, 1.165) is 0 Å². The number of ether oxygens (including phenoxy) is 1. The minimum Gasteiger partial charge on any atom is -0.394 e. The minimum atomic E-state index is -0.722. The summed E-state index contributed by atoms with van der Waals surface area (Å²) in [4.78, 5) is 0. The first-order valence-electron chi connectivity index (χ1n) is 3.36. The third-order valence-electron chi connectivity index (χ3n) is 1.89. The fourth-order valence-electron chi connectivity index (χ4n) is 1.12.